The first-order valence-corrected chi connectivity index (χ1v) is 5.47. The van der Waals surface area contributed by atoms with Crippen molar-refractivity contribution in [1.29, 1.82) is 0 Å². The summed E-state index contributed by atoms with van der Waals surface area (Å²) in [5.41, 5.74) is 0.921. The summed E-state index contributed by atoms with van der Waals surface area (Å²) in [5.74, 6) is -0.341. The lowest BCUT2D eigenvalue weighted by Gasteiger charge is -2.11. The number of benzene rings is 1. The molecule has 16 heavy (non-hydrogen) atoms. The highest BCUT2D eigenvalue weighted by Gasteiger charge is 2.17. The SMILES string of the molecule is COc1cc(CC2CCNC2)cc(O)c1F. The Morgan fingerprint density at radius 1 is 1.56 bits per heavy atom. The number of methoxy groups -OCH3 is 1. The number of rotatable bonds is 3. The molecule has 3 nitrogen and oxygen atoms in total. The molecule has 0 aromatic heterocycles. The van der Waals surface area contributed by atoms with Crippen molar-refractivity contribution in [3.8, 4) is 11.5 Å². The molecule has 0 bridgehead atoms. The zero-order valence-corrected chi connectivity index (χ0v) is 9.29. The zero-order chi connectivity index (χ0) is 11.5. The lowest BCUT2D eigenvalue weighted by molar-refractivity contribution is 0.363. The van der Waals surface area contributed by atoms with Crippen molar-refractivity contribution >= 4 is 0 Å². The highest BCUT2D eigenvalue weighted by Crippen LogP contribution is 2.29. The van der Waals surface area contributed by atoms with E-state index in [-0.39, 0.29) is 11.5 Å². The molecule has 2 N–H and O–H groups in total. The predicted octanol–water partition coefficient (Wildman–Crippen LogP) is 1.69. The van der Waals surface area contributed by atoms with Gasteiger partial charge < -0.3 is 15.2 Å². The lowest BCUT2D eigenvalue weighted by atomic mass is 9.98. The van der Waals surface area contributed by atoms with E-state index in [1.165, 1.54) is 13.2 Å². The molecule has 0 saturated carbocycles. The Morgan fingerprint density at radius 3 is 3.00 bits per heavy atom. The molecule has 1 unspecified atom stereocenters. The average molecular weight is 225 g/mol. The highest BCUT2D eigenvalue weighted by molar-refractivity contribution is 5.39. The van der Waals surface area contributed by atoms with Crippen LogP contribution in [0.3, 0.4) is 0 Å². The average Bonchev–Trinajstić information content (AvgIpc) is 2.76. The van der Waals surface area contributed by atoms with Gasteiger partial charge in [0.25, 0.3) is 0 Å². The standard InChI is InChI=1S/C12H16FNO2/c1-16-11-6-9(5-10(15)12(11)13)4-8-2-3-14-7-8/h5-6,8,14-15H,2-4,7H2,1H3. The van der Waals surface area contributed by atoms with Crippen LogP contribution < -0.4 is 10.1 Å². The van der Waals surface area contributed by atoms with Gasteiger partial charge in [-0.25, -0.2) is 0 Å². The molecule has 1 atom stereocenters. The number of nitrogens with one attached hydrogen (secondary N) is 1. The molecule has 1 saturated heterocycles. The van der Waals surface area contributed by atoms with Crippen molar-refractivity contribution in [3.63, 3.8) is 0 Å². The van der Waals surface area contributed by atoms with E-state index < -0.39 is 5.82 Å². The Bertz CT molecular complexity index is 376. The third-order valence-corrected chi connectivity index (χ3v) is 2.99. The van der Waals surface area contributed by atoms with Crippen molar-refractivity contribution in [3.05, 3.63) is 23.5 Å². The first-order chi connectivity index (χ1) is 7.70. The van der Waals surface area contributed by atoms with Crippen LogP contribution in [0.15, 0.2) is 12.1 Å². The normalized spacial score (nSPS) is 20.0. The molecule has 0 amide bonds. The number of hydrogen-bond donors (Lipinski definition) is 2. The first-order valence-electron chi connectivity index (χ1n) is 5.47. The Labute approximate surface area is 94.2 Å². The molecule has 2 rings (SSSR count). The predicted molar refractivity (Wildman–Crippen MR) is 59.3 cm³/mol. The minimum atomic E-state index is -0.684. The molecule has 1 aliphatic rings. The van der Waals surface area contributed by atoms with Crippen LogP contribution in [0.4, 0.5) is 4.39 Å². The summed E-state index contributed by atoms with van der Waals surface area (Å²) < 4.78 is 18.2. The van der Waals surface area contributed by atoms with Gasteiger partial charge in [0.2, 0.25) is 5.82 Å². The second-order valence-corrected chi connectivity index (χ2v) is 4.19. The fourth-order valence-electron chi connectivity index (χ4n) is 2.13. The van der Waals surface area contributed by atoms with Crippen molar-refractivity contribution in [2.24, 2.45) is 5.92 Å². The summed E-state index contributed by atoms with van der Waals surface area (Å²) in [6.45, 7) is 2.02. The zero-order valence-electron chi connectivity index (χ0n) is 9.29. The molecule has 1 heterocycles. The van der Waals surface area contributed by atoms with Gasteiger partial charge in [-0.2, -0.15) is 4.39 Å². The minimum Gasteiger partial charge on any atom is -0.505 e. The molecule has 88 valence electrons. The van der Waals surface area contributed by atoms with E-state index in [1.54, 1.807) is 6.07 Å². The van der Waals surface area contributed by atoms with Crippen LogP contribution in [0.2, 0.25) is 0 Å². The second-order valence-electron chi connectivity index (χ2n) is 4.19. The molecular weight excluding hydrogens is 209 g/mol. The fourth-order valence-corrected chi connectivity index (χ4v) is 2.13. The third kappa shape index (κ3) is 2.27. The summed E-state index contributed by atoms with van der Waals surface area (Å²) in [7, 11) is 1.40. The van der Waals surface area contributed by atoms with Crippen molar-refractivity contribution < 1.29 is 14.2 Å². The number of phenols is 1. The Kier molecular flexibility index (Phi) is 3.29. The fraction of sp³-hybridized carbons (Fsp3) is 0.500. The monoisotopic (exact) mass is 225 g/mol. The first kappa shape index (κ1) is 11.2. The van der Waals surface area contributed by atoms with Gasteiger partial charge in [-0.3, -0.25) is 0 Å². The van der Waals surface area contributed by atoms with Crippen LogP contribution in [0.5, 0.6) is 11.5 Å². The van der Waals surface area contributed by atoms with E-state index in [4.69, 9.17) is 4.74 Å². The second kappa shape index (κ2) is 4.70. The summed E-state index contributed by atoms with van der Waals surface area (Å²) in [6, 6.07) is 3.14. The van der Waals surface area contributed by atoms with E-state index in [1.807, 2.05) is 0 Å². The van der Waals surface area contributed by atoms with Gasteiger partial charge in [-0.1, -0.05) is 0 Å². The largest absolute Gasteiger partial charge is 0.505 e. The van der Waals surface area contributed by atoms with E-state index in [0.717, 1.165) is 31.5 Å². The number of hydrogen-bond acceptors (Lipinski definition) is 3. The highest BCUT2D eigenvalue weighted by atomic mass is 19.1. The Hall–Kier alpha value is -1.29. The van der Waals surface area contributed by atoms with Crippen LogP contribution in [0.25, 0.3) is 0 Å². The van der Waals surface area contributed by atoms with Gasteiger partial charge in [-0.05, 0) is 49.5 Å². The summed E-state index contributed by atoms with van der Waals surface area (Å²) in [5, 5.41) is 12.7. The van der Waals surface area contributed by atoms with Crippen LogP contribution >= 0.6 is 0 Å². The van der Waals surface area contributed by atoms with Gasteiger partial charge in [-0.15, -0.1) is 0 Å². The summed E-state index contributed by atoms with van der Waals surface area (Å²) in [4.78, 5) is 0. The van der Waals surface area contributed by atoms with Crippen molar-refractivity contribution in [2.75, 3.05) is 20.2 Å². The maximum Gasteiger partial charge on any atom is 0.206 e. The number of halogens is 1. The molecule has 4 heteroatoms. The lowest BCUT2D eigenvalue weighted by Crippen LogP contribution is -2.10. The van der Waals surface area contributed by atoms with Gasteiger partial charge in [0.15, 0.2) is 11.5 Å². The molecule has 1 fully saturated rings. The van der Waals surface area contributed by atoms with E-state index in [2.05, 4.69) is 5.32 Å². The maximum atomic E-state index is 13.3. The van der Waals surface area contributed by atoms with Crippen LogP contribution in [-0.4, -0.2) is 25.3 Å². The molecule has 1 aromatic carbocycles. The Balaban J connectivity index is 2.17. The maximum absolute atomic E-state index is 13.3. The Morgan fingerprint density at radius 2 is 2.38 bits per heavy atom. The van der Waals surface area contributed by atoms with E-state index >= 15 is 0 Å². The minimum absolute atomic E-state index is 0.112. The van der Waals surface area contributed by atoms with Crippen LogP contribution in [-0.2, 0) is 6.42 Å². The molecular formula is C12H16FNO2. The van der Waals surface area contributed by atoms with Crippen LogP contribution in [0.1, 0.15) is 12.0 Å². The smallest absolute Gasteiger partial charge is 0.206 e. The van der Waals surface area contributed by atoms with E-state index in [9.17, 15) is 9.50 Å². The van der Waals surface area contributed by atoms with Crippen molar-refractivity contribution in [1.82, 2.24) is 5.32 Å². The van der Waals surface area contributed by atoms with Gasteiger partial charge in [0.1, 0.15) is 0 Å². The molecule has 1 aromatic rings. The summed E-state index contributed by atoms with van der Waals surface area (Å²) >= 11 is 0. The van der Waals surface area contributed by atoms with Crippen LogP contribution in [0, 0.1) is 11.7 Å². The number of aromatic hydroxyl groups is 1. The van der Waals surface area contributed by atoms with Gasteiger partial charge in [0, 0.05) is 0 Å². The molecule has 0 aliphatic carbocycles. The number of ether oxygens (including phenoxy) is 1. The molecule has 1 aliphatic heterocycles. The topological polar surface area (TPSA) is 41.5 Å². The van der Waals surface area contributed by atoms with Gasteiger partial charge >= 0.3 is 0 Å². The van der Waals surface area contributed by atoms with Crippen molar-refractivity contribution in [2.45, 2.75) is 12.8 Å². The molecule has 0 radical (unpaired) electrons. The van der Waals surface area contributed by atoms with E-state index in [0.29, 0.717) is 5.92 Å². The third-order valence-electron chi connectivity index (χ3n) is 2.99. The summed E-state index contributed by atoms with van der Waals surface area (Å²) in [6.07, 6.45) is 1.97. The van der Waals surface area contributed by atoms with Gasteiger partial charge in [0.05, 0.1) is 7.11 Å². The molecule has 0 spiro atoms. The number of phenolic OH excluding ortho intramolecular Hbond substituents is 1. The quantitative estimate of drug-likeness (QED) is 0.822.